The molecule has 11 nitrogen and oxygen atoms in total. The quantitative estimate of drug-likeness (QED) is 0.158. The molecule has 2 saturated heterocycles. The van der Waals surface area contributed by atoms with E-state index in [1.54, 1.807) is 39.0 Å². The van der Waals surface area contributed by atoms with Crippen LogP contribution in [-0.4, -0.2) is 96.3 Å². The van der Waals surface area contributed by atoms with E-state index in [9.17, 15) is 24.6 Å². The molecule has 44 heavy (non-hydrogen) atoms. The lowest BCUT2D eigenvalue weighted by molar-refractivity contribution is -0.242. The number of carbonyl (C=O) groups excluding carboxylic acids is 3. The van der Waals surface area contributed by atoms with Crippen LogP contribution in [0.1, 0.15) is 53.9 Å². The predicted molar refractivity (Wildman–Crippen MR) is 156 cm³/mol. The Kier molecular flexibility index (Phi) is 9.26. The van der Waals surface area contributed by atoms with E-state index in [4.69, 9.17) is 28.4 Å². The Hall–Kier alpha value is -2.83. The zero-order valence-electron chi connectivity index (χ0n) is 26.0. The number of aliphatic hydroxyl groups excluding tert-OH is 2. The number of esters is 3. The second-order valence-electron chi connectivity index (χ2n) is 12.9. The van der Waals surface area contributed by atoms with Crippen molar-refractivity contribution in [1.29, 1.82) is 0 Å². The van der Waals surface area contributed by atoms with Crippen molar-refractivity contribution >= 4 is 17.9 Å². The molecule has 3 aliphatic heterocycles. The Morgan fingerprint density at radius 2 is 1.95 bits per heavy atom. The first kappa shape index (κ1) is 32.6. The van der Waals surface area contributed by atoms with Crippen molar-refractivity contribution in [1.82, 2.24) is 0 Å². The number of hydrogen-bond donors (Lipinski definition) is 2. The molecule has 0 aromatic carbocycles. The van der Waals surface area contributed by atoms with Gasteiger partial charge in [0.05, 0.1) is 35.7 Å². The zero-order valence-corrected chi connectivity index (χ0v) is 26.0. The lowest BCUT2D eigenvalue weighted by Crippen LogP contribution is -2.68. The number of hydrogen-bond acceptors (Lipinski definition) is 11. The lowest BCUT2D eigenvalue weighted by atomic mass is 9.51. The van der Waals surface area contributed by atoms with Crippen LogP contribution in [0.15, 0.2) is 48.1 Å². The highest BCUT2D eigenvalue weighted by Crippen LogP contribution is 2.72. The molecule has 2 bridgehead atoms. The Morgan fingerprint density at radius 3 is 2.64 bits per heavy atom. The highest BCUT2D eigenvalue weighted by molar-refractivity contribution is 5.83. The maximum atomic E-state index is 13.3. The maximum absolute atomic E-state index is 13.3. The summed E-state index contributed by atoms with van der Waals surface area (Å²) in [4.78, 5) is 39.1. The van der Waals surface area contributed by atoms with Gasteiger partial charge in [0, 0.05) is 31.6 Å². The molecule has 5 rings (SSSR count). The van der Waals surface area contributed by atoms with Crippen LogP contribution in [0.5, 0.6) is 0 Å². The fraction of sp³-hybridized carbons (Fsp3) is 0.667. The van der Waals surface area contributed by atoms with Gasteiger partial charge in [0.15, 0.2) is 6.10 Å². The minimum atomic E-state index is -1.44. The van der Waals surface area contributed by atoms with Gasteiger partial charge in [-0.25, -0.2) is 14.4 Å². The highest BCUT2D eigenvalue weighted by Gasteiger charge is 2.83. The molecule has 11 atom stereocenters. The van der Waals surface area contributed by atoms with Gasteiger partial charge in [-0.15, -0.1) is 0 Å². The minimum absolute atomic E-state index is 0.168. The van der Waals surface area contributed by atoms with Crippen LogP contribution in [0.3, 0.4) is 0 Å². The first-order valence-corrected chi connectivity index (χ1v) is 15.4. The summed E-state index contributed by atoms with van der Waals surface area (Å²) >= 11 is 0. The summed E-state index contributed by atoms with van der Waals surface area (Å²) in [6, 6.07) is 0. The van der Waals surface area contributed by atoms with Gasteiger partial charge in [-0.2, -0.15) is 0 Å². The molecule has 5 aliphatic rings. The van der Waals surface area contributed by atoms with Gasteiger partial charge in [0.1, 0.15) is 30.5 Å². The summed E-state index contributed by atoms with van der Waals surface area (Å²) in [5.74, 6) is -2.40. The van der Waals surface area contributed by atoms with E-state index >= 15 is 0 Å². The summed E-state index contributed by atoms with van der Waals surface area (Å²) in [7, 11) is 0. The topological polar surface area (TPSA) is 150 Å². The van der Waals surface area contributed by atoms with Gasteiger partial charge < -0.3 is 38.6 Å². The number of aliphatic hydroxyl groups is 2. The molecule has 1 saturated carbocycles. The molecular weight excluding hydrogens is 572 g/mol. The van der Waals surface area contributed by atoms with E-state index in [1.165, 1.54) is 18.2 Å². The van der Waals surface area contributed by atoms with Crippen LogP contribution in [0.2, 0.25) is 0 Å². The predicted octanol–water partition coefficient (Wildman–Crippen LogP) is 2.49. The Balaban J connectivity index is 1.55. The van der Waals surface area contributed by atoms with Crippen LogP contribution in [0.25, 0.3) is 0 Å². The molecule has 3 fully saturated rings. The molecular formula is C33H44O11. The maximum Gasteiger partial charge on any atom is 0.335 e. The average Bonchev–Trinajstić information content (AvgIpc) is 3.75. The number of allylic oxidation sites excluding steroid dienone is 3. The van der Waals surface area contributed by atoms with Gasteiger partial charge in [-0.05, 0) is 38.7 Å². The number of ether oxygens (including phenoxy) is 6. The summed E-state index contributed by atoms with van der Waals surface area (Å²) < 4.78 is 36.5. The summed E-state index contributed by atoms with van der Waals surface area (Å²) in [5.41, 5.74) is -1.95. The minimum Gasteiger partial charge on any atom is -0.463 e. The normalized spacial score (nSPS) is 44.8. The van der Waals surface area contributed by atoms with Crippen molar-refractivity contribution in [2.75, 3.05) is 19.8 Å². The van der Waals surface area contributed by atoms with Gasteiger partial charge in [-0.1, -0.05) is 44.2 Å². The van der Waals surface area contributed by atoms with Crippen LogP contribution >= 0.6 is 0 Å². The molecule has 11 heteroatoms. The summed E-state index contributed by atoms with van der Waals surface area (Å²) in [6.07, 6.45) is 6.62. The smallest absolute Gasteiger partial charge is 0.335 e. The largest absolute Gasteiger partial charge is 0.463 e. The first-order valence-electron chi connectivity index (χ1n) is 15.4. The summed E-state index contributed by atoms with van der Waals surface area (Å²) in [6.45, 7) is 9.23. The van der Waals surface area contributed by atoms with Crippen molar-refractivity contribution in [2.24, 2.45) is 16.7 Å². The van der Waals surface area contributed by atoms with Crippen molar-refractivity contribution in [3.05, 3.63) is 48.1 Å². The third-order valence-electron chi connectivity index (χ3n) is 10.4. The van der Waals surface area contributed by atoms with E-state index in [2.05, 4.69) is 0 Å². The number of epoxide rings is 1. The standard InChI is InChI=1S/C33H44O11/c1-6-9-27(35)42-23-16-32-17-40-30(38)29(37)19(2)12-13-39-22(21(4)34)10-7-8-11-28(36)44-24-15-26(43-25(32)14-20(23)3)33(18-41-33)31(24,32)5/h6-11,14,19,21-26,29,34,37H,12-13,15-18H2,1-5H3/b9-6+,10-7-,11-8-/t19-,21-,22-,23+,24-,25-,26-,29+,31-,32-,33-/m1/s1. The molecule has 0 amide bonds. The second kappa shape index (κ2) is 12.5. The van der Waals surface area contributed by atoms with Gasteiger partial charge in [-0.3, -0.25) is 0 Å². The van der Waals surface area contributed by atoms with E-state index in [0.29, 0.717) is 19.4 Å². The molecule has 3 heterocycles. The lowest BCUT2D eigenvalue weighted by Gasteiger charge is -2.59. The second-order valence-corrected chi connectivity index (χ2v) is 12.9. The fourth-order valence-corrected chi connectivity index (χ4v) is 7.48. The molecule has 2 spiro atoms. The van der Waals surface area contributed by atoms with Gasteiger partial charge >= 0.3 is 17.9 Å². The van der Waals surface area contributed by atoms with Crippen LogP contribution in [-0.2, 0) is 42.8 Å². The van der Waals surface area contributed by atoms with E-state index in [1.807, 2.05) is 19.9 Å². The van der Waals surface area contributed by atoms with Gasteiger partial charge in [0.2, 0.25) is 0 Å². The molecule has 0 radical (unpaired) electrons. The third kappa shape index (κ3) is 5.58. The summed E-state index contributed by atoms with van der Waals surface area (Å²) in [5, 5.41) is 21.0. The average molecular weight is 617 g/mol. The number of carbonyl (C=O) groups is 3. The molecule has 0 aromatic rings. The molecule has 0 aromatic heterocycles. The van der Waals surface area contributed by atoms with E-state index < -0.39 is 76.9 Å². The highest BCUT2D eigenvalue weighted by atomic mass is 16.6. The van der Waals surface area contributed by atoms with Crippen molar-refractivity contribution in [2.45, 2.75) is 102 Å². The molecule has 0 unspecified atom stereocenters. The SMILES string of the molecule is C/C=C/C(=O)O[C@H]1C[C@@]23COC(=O)[C@@H](O)[C@H](C)CCO[C@@H]([C@@H](C)O)/C=C\C=C/C(=O)O[C@@H]4C[C@@H](O[C@@H]2C=C1C)[C@]1(CO1)[C@]43C. The first-order chi connectivity index (χ1) is 20.9. The van der Waals surface area contributed by atoms with Crippen molar-refractivity contribution < 1.29 is 53.0 Å². The number of rotatable bonds is 3. The van der Waals surface area contributed by atoms with Crippen molar-refractivity contribution in [3.8, 4) is 0 Å². The van der Waals surface area contributed by atoms with E-state index in [-0.39, 0.29) is 25.7 Å². The third-order valence-corrected chi connectivity index (χ3v) is 10.4. The van der Waals surface area contributed by atoms with E-state index in [0.717, 1.165) is 5.57 Å². The fourth-order valence-electron chi connectivity index (χ4n) is 7.48. The van der Waals surface area contributed by atoms with Gasteiger partial charge in [0.25, 0.3) is 0 Å². The van der Waals surface area contributed by atoms with Crippen LogP contribution in [0, 0.1) is 16.7 Å². The molecule has 242 valence electrons. The monoisotopic (exact) mass is 616 g/mol. The Bertz CT molecular complexity index is 1250. The van der Waals surface area contributed by atoms with Crippen LogP contribution < -0.4 is 0 Å². The Labute approximate surface area is 257 Å². The van der Waals surface area contributed by atoms with Crippen LogP contribution in [0.4, 0.5) is 0 Å². The number of cyclic esters (lactones) is 1. The van der Waals surface area contributed by atoms with Crippen molar-refractivity contribution in [3.63, 3.8) is 0 Å². The molecule has 2 aliphatic carbocycles. The molecule has 2 N–H and O–H groups in total. The zero-order chi connectivity index (χ0) is 31.9. The Morgan fingerprint density at radius 1 is 1.20 bits per heavy atom.